The summed E-state index contributed by atoms with van der Waals surface area (Å²) < 4.78 is 27.6. The molecule has 2 aromatic rings. The first-order chi connectivity index (χ1) is 12.4. The van der Waals surface area contributed by atoms with Gasteiger partial charge in [0.15, 0.2) is 0 Å². The molecular formula is C20H24N2O3S. The summed E-state index contributed by atoms with van der Waals surface area (Å²) >= 11 is 0. The lowest BCUT2D eigenvalue weighted by Gasteiger charge is -2.22. The van der Waals surface area contributed by atoms with Crippen LogP contribution in [0.1, 0.15) is 29.5 Å². The number of nitrogens with one attached hydrogen (secondary N) is 1. The fraction of sp³-hybridized carbons (Fsp3) is 0.350. The summed E-state index contributed by atoms with van der Waals surface area (Å²) in [5.74, 6) is -0.254. The molecular weight excluding hydrogens is 348 g/mol. The number of amides is 1. The van der Waals surface area contributed by atoms with Crippen LogP contribution < -0.4 is 5.32 Å². The number of hydrogen-bond acceptors (Lipinski definition) is 3. The number of aryl methyl sites for hydroxylation is 2. The van der Waals surface area contributed by atoms with Gasteiger partial charge in [0.25, 0.3) is 0 Å². The summed E-state index contributed by atoms with van der Waals surface area (Å²) in [5.41, 5.74) is 2.79. The standard InChI is InChI=1S/C20H24N2O3S/c1-15-8-11-19(12-16(15)2)26(24,25)22(13-17-6-4-3-5-7-17)14-20(23)21-18-9-10-18/h3-8,11-12,18H,9-10,13-14H2,1-2H3,(H,21,23). The van der Waals surface area contributed by atoms with E-state index >= 15 is 0 Å². The number of rotatable bonds is 7. The summed E-state index contributed by atoms with van der Waals surface area (Å²) in [6.45, 7) is 3.81. The highest BCUT2D eigenvalue weighted by atomic mass is 32.2. The highest BCUT2D eigenvalue weighted by Crippen LogP contribution is 2.22. The molecule has 6 heteroatoms. The van der Waals surface area contributed by atoms with Crippen LogP contribution in [0.25, 0.3) is 0 Å². The highest BCUT2D eigenvalue weighted by Gasteiger charge is 2.29. The second kappa shape index (κ2) is 7.60. The van der Waals surface area contributed by atoms with Gasteiger partial charge in [0.1, 0.15) is 0 Å². The second-order valence-electron chi connectivity index (χ2n) is 6.85. The number of sulfonamides is 1. The summed E-state index contributed by atoms with van der Waals surface area (Å²) in [6.07, 6.45) is 1.93. The zero-order valence-electron chi connectivity index (χ0n) is 15.1. The molecule has 0 heterocycles. The molecule has 1 aliphatic carbocycles. The Bertz CT molecular complexity index is 891. The molecule has 3 rings (SSSR count). The minimum Gasteiger partial charge on any atom is -0.352 e. The van der Waals surface area contributed by atoms with Gasteiger partial charge in [-0.2, -0.15) is 4.31 Å². The number of hydrogen-bond donors (Lipinski definition) is 1. The van der Waals surface area contributed by atoms with Crippen LogP contribution in [0.4, 0.5) is 0 Å². The molecule has 0 aliphatic heterocycles. The molecule has 0 bridgehead atoms. The predicted molar refractivity (Wildman–Crippen MR) is 101 cm³/mol. The number of benzene rings is 2. The maximum absolute atomic E-state index is 13.2. The largest absolute Gasteiger partial charge is 0.352 e. The van der Waals surface area contributed by atoms with E-state index in [1.165, 1.54) is 4.31 Å². The molecule has 5 nitrogen and oxygen atoms in total. The van der Waals surface area contributed by atoms with E-state index in [1.54, 1.807) is 18.2 Å². The first-order valence-corrected chi connectivity index (χ1v) is 10.2. The lowest BCUT2D eigenvalue weighted by Crippen LogP contribution is -2.41. The van der Waals surface area contributed by atoms with Gasteiger partial charge in [-0.25, -0.2) is 8.42 Å². The van der Waals surface area contributed by atoms with E-state index in [0.717, 1.165) is 29.5 Å². The van der Waals surface area contributed by atoms with Crippen LogP contribution in [-0.2, 0) is 21.4 Å². The Morgan fingerprint density at radius 2 is 1.77 bits per heavy atom. The van der Waals surface area contributed by atoms with Crippen LogP contribution in [0.3, 0.4) is 0 Å². The Morgan fingerprint density at radius 3 is 2.38 bits per heavy atom. The Hall–Kier alpha value is -2.18. The van der Waals surface area contributed by atoms with Crippen molar-refractivity contribution < 1.29 is 13.2 Å². The fourth-order valence-corrected chi connectivity index (χ4v) is 4.17. The maximum atomic E-state index is 13.2. The number of nitrogens with zero attached hydrogens (tertiary/aromatic N) is 1. The quantitative estimate of drug-likeness (QED) is 0.813. The highest BCUT2D eigenvalue weighted by molar-refractivity contribution is 7.89. The number of carbonyl (C=O) groups excluding carboxylic acids is 1. The molecule has 1 N–H and O–H groups in total. The zero-order valence-corrected chi connectivity index (χ0v) is 15.9. The molecule has 1 aliphatic rings. The Balaban J connectivity index is 1.88. The topological polar surface area (TPSA) is 66.5 Å². The van der Waals surface area contributed by atoms with Crippen molar-refractivity contribution in [3.05, 3.63) is 65.2 Å². The van der Waals surface area contributed by atoms with Crippen molar-refractivity contribution in [3.8, 4) is 0 Å². The van der Waals surface area contributed by atoms with Crippen LogP contribution in [0.2, 0.25) is 0 Å². The van der Waals surface area contributed by atoms with Gasteiger partial charge in [-0.3, -0.25) is 4.79 Å². The molecule has 2 aromatic carbocycles. The van der Waals surface area contributed by atoms with E-state index in [0.29, 0.717) is 0 Å². The molecule has 1 saturated carbocycles. The molecule has 1 amide bonds. The Labute approximate surface area is 155 Å². The van der Waals surface area contributed by atoms with Crippen molar-refractivity contribution in [1.29, 1.82) is 0 Å². The van der Waals surface area contributed by atoms with Crippen LogP contribution in [0.15, 0.2) is 53.4 Å². The summed E-state index contributed by atoms with van der Waals surface area (Å²) in [5, 5.41) is 2.87. The van der Waals surface area contributed by atoms with E-state index in [1.807, 2.05) is 44.2 Å². The first-order valence-electron chi connectivity index (χ1n) is 8.77. The van der Waals surface area contributed by atoms with Crippen molar-refractivity contribution in [2.24, 2.45) is 0 Å². The van der Waals surface area contributed by atoms with Gasteiger partial charge < -0.3 is 5.32 Å². The lowest BCUT2D eigenvalue weighted by molar-refractivity contribution is -0.121. The predicted octanol–water partition coefficient (Wildman–Crippen LogP) is 2.77. The minimum absolute atomic E-state index is 0.161. The van der Waals surface area contributed by atoms with Gasteiger partial charge >= 0.3 is 0 Å². The lowest BCUT2D eigenvalue weighted by atomic mass is 10.1. The van der Waals surface area contributed by atoms with Crippen molar-refractivity contribution in [1.82, 2.24) is 9.62 Å². The van der Waals surface area contributed by atoms with Gasteiger partial charge in [0.05, 0.1) is 11.4 Å². The van der Waals surface area contributed by atoms with E-state index in [4.69, 9.17) is 0 Å². The normalized spacial score (nSPS) is 14.4. The van der Waals surface area contributed by atoms with Gasteiger partial charge in [0.2, 0.25) is 15.9 Å². The molecule has 0 saturated heterocycles. The van der Waals surface area contributed by atoms with E-state index in [-0.39, 0.29) is 29.9 Å². The third-order valence-electron chi connectivity index (χ3n) is 4.58. The van der Waals surface area contributed by atoms with E-state index in [9.17, 15) is 13.2 Å². The second-order valence-corrected chi connectivity index (χ2v) is 8.78. The molecule has 26 heavy (non-hydrogen) atoms. The third-order valence-corrected chi connectivity index (χ3v) is 6.37. The summed E-state index contributed by atoms with van der Waals surface area (Å²) in [6, 6.07) is 14.6. The molecule has 0 radical (unpaired) electrons. The maximum Gasteiger partial charge on any atom is 0.243 e. The molecule has 1 fully saturated rings. The van der Waals surface area contributed by atoms with Crippen LogP contribution >= 0.6 is 0 Å². The molecule has 0 unspecified atom stereocenters. The van der Waals surface area contributed by atoms with Crippen molar-refractivity contribution >= 4 is 15.9 Å². The smallest absolute Gasteiger partial charge is 0.243 e. The van der Waals surface area contributed by atoms with Crippen molar-refractivity contribution in [2.75, 3.05) is 6.54 Å². The molecule has 138 valence electrons. The number of carbonyl (C=O) groups is 1. The van der Waals surface area contributed by atoms with Crippen LogP contribution in [0, 0.1) is 13.8 Å². The van der Waals surface area contributed by atoms with E-state index < -0.39 is 10.0 Å². The van der Waals surface area contributed by atoms with Gasteiger partial charge in [-0.15, -0.1) is 0 Å². The Morgan fingerprint density at radius 1 is 1.08 bits per heavy atom. The SMILES string of the molecule is Cc1ccc(S(=O)(=O)N(CC(=O)NC2CC2)Cc2ccccc2)cc1C. The van der Waals surface area contributed by atoms with Gasteiger partial charge in [0, 0.05) is 12.6 Å². The third kappa shape index (κ3) is 4.51. The fourth-order valence-electron chi connectivity index (χ4n) is 2.70. The van der Waals surface area contributed by atoms with Gasteiger partial charge in [-0.1, -0.05) is 36.4 Å². The molecule has 0 atom stereocenters. The molecule has 0 aromatic heterocycles. The summed E-state index contributed by atoms with van der Waals surface area (Å²) in [4.78, 5) is 12.5. The van der Waals surface area contributed by atoms with Crippen molar-refractivity contribution in [2.45, 2.75) is 44.2 Å². The summed E-state index contributed by atoms with van der Waals surface area (Å²) in [7, 11) is -3.78. The first kappa shape index (κ1) is 18.6. The monoisotopic (exact) mass is 372 g/mol. The average Bonchev–Trinajstić information content (AvgIpc) is 3.41. The minimum atomic E-state index is -3.78. The van der Waals surface area contributed by atoms with E-state index in [2.05, 4.69) is 5.32 Å². The van der Waals surface area contributed by atoms with Crippen molar-refractivity contribution in [3.63, 3.8) is 0 Å². The average molecular weight is 372 g/mol. The van der Waals surface area contributed by atoms with Crippen LogP contribution in [0.5, 0.6) is 0 Å². The Kier molecular flexibility index (Phi) is 5.44. The van der Waals surface area contributed by atoms with Gasteiger partial charge in [-0.05, 0) is 55.5 Å². The van der Waals surface area contributed by atoms with Crippen LogP contribution in [-0.4, -0.2) is 31.2 Å². The zero-order chi connectivity index (χ0) is 18.7. The molecule has 0 spiro atoms.